The highest BCUT2D eigenvalue weighted by Gasteiger charge is 2.19. The van der Waals surface area contributed by atoms with Crippen molar-refractivity contribution in [2.24, 2.45) is 0 Å². The van der Waals surface area contributed by atoms with E-state index < -0.39 is 5.97 Å². The monoisotopic (exact) mass is 455 g/mol. The van der Waals surface area contributed by atoms with Crippen molar-refractivity contribution in [1.82, 2.24) is 14.8 Å². The van der Waals surface area contributed by atoms with Gasteiger partial charge in [-0.15, -0.1) is 10.2 Å². The number of halogens is 1. The zero-order valence-electron chi connectivity index (χ0n) is 16.5. The van der Waals surface area contributed by atoms with Crippen LogP contribution in [0.3, 0.4) is 0 Å². The Morgan fingerprint density at radius 1 is 1.10 bits per heavy atom. The lowest BCUT2D eigenvalue weighted by Gasteiger charge is -2.11. The van der Waals surface area contributed by atoms with Crippen molar-refractivity contribution in [3.8, 4) is 11.4 Å². The smallest absolute Gasteiger partial charge is 0.341 e. The number of esters is 1. The van der Waals surface area contributed by atoms with Crippen LogP contribution in [0.2, 0.25) is 5.02 Å². The SMILES string of the molecule is COC(=O)c1ccoc1CSc1nnc(COc2ccccc2Cl)n1-c1ccccc1. The van der Waals surface area contributed by atoms with Crippen LogP contribution in [0.1, 0.15) is 21.9 Å². The number of hydrogen-bond donors (Lipinski definition) is 0. The lowest BCUT2D eigenvalue weighted by atomic mass is 10.3. The first kappa shape index (κ1) is 21.0. The Bertz CT molecular complexity index is 1180. The van der Waals surface area contributed by atoms with Gasteiger partial charge in [-0.25, -0.2) is 4.79 Å². The van der Waals surface area contributed by atoms with E-state index in [0.717, 1.165) is 5.69 Å². The summed E-state index contributed by atoms with van der Waals surface area (Å²) in [5.74, 6) is 1.63. The number of carbonyl (C=O) groups excluding carboxylic acids is 1. The first-order chi connectivity index (χ1) is 15.2. The largest absolute Gasteiger partial charge is 0.484 e. The van der Waals surface area contributed by atoms with E-state index >= 15 is 0 Å². The second-order valence-electron chi connectivity index (χ2n) is 6.33. The molecule has 0 bridgehead atoms. The quantitative estimate of drug-likeness (QED) is 0.268. The van der Waals surface area contributed by atoms with Crippen molar-refractivity contribution in [3.63, 3.8) is 0 Å². The van der Waals surface area contributed by atoms with E-state index in [1.807, 2.05) is 47.0 Å². The van der Waals surface area contributed by atoms with Gasteiger partial charge in [-0.05, 0) is 30.3 Å². The van der Waals surface area contributed by atoms with Gasteiger partial charge in [-0.2, -0.15) is 0 Å². The topological polar surface area (TPSA) is 79.4 Å². The predicted molar refractivity (Wildman–Crippen MR) is 117 cm³/mol. The first-order valence-electron chi connectivity index (χ1n) is 9.32. The second kappa shape index (κ2) is 9.72. The molecule has 4 aromatic rings. The van der Waals surface area contributed by atoms with Crippen LogP contribution in [-0.2, 0) is 17.1 Å². The van der Waals surface area contributed by atoms with E-state index in [9.17, 15) is 4.79 Å². The molecule has 0 aliphatic carbocycles. The standard InChI is InChI=1S/C22H18ClN3O4S/c1-28-21(27)16-11-12-29-19(16)14-31-22-25-24-20(26(22)15-7-3-2-4-8-15)13-30-18-10-6-5-9-17(18)23/h2-12H,13-14H2,1H3. The Labute approximate surface area is 187 Å². The Morgan fingerprint density at radius 2 is 1.87 bits per heavy atom. The fourth-order valence-corrected chi connectivity index (χ4v) is 4.01. The molecule has 9 heteroatoms. The number of furan rings is 1. The van der Waals surface area contributed by atoms with E-state index in [4.69, 9.17) is 25.5 Å². The molecule has 0 saturated carbocycles. The molecule has 158 valence electrons. The number of ether oxygens (including phenoxy) is 2. The van der Waals surface area contributed by atoms with Gasteiger partial charge < -0.3 is 13.9 Å². The van der Waals surface area contributed by atoms with Crippen LogP contribution >= 0.6 is 23.4 Å². The van der Waals surface area contributed by atoms with E-state index in [1.54, 1.807) is 18.2 Å². The molecule has 2 heterocycles. The summed E-state index contributed by atoms with van der Waals surface area (Å²) < 4.78 is 18.0. The normalized spacial score (nSPS) is 10.8. The number of carbonyl (C=O) groups is 1. The number of rotatable bonds is 8. The van der Waals surface area contributed by atoms with E-state index in [0.29, 0.717) is 38.8 Å². The highest BCUT2D eigenvalue weighted by atomic mass is 35.5. The summed E-state index contributed by atoms with van der Waals surface area (Å²) in [7, 11) is 1.34. The summed E-state index contributed by atoms with van der Waals surface area (Å²) in [6.45, 7) is 0.181. The van der Waals surface area contributed by atoms with Gasteiger partial charge in [0.2, 0.25) is 0 Å². The predicted octanol–water partition coefficient (Wildman–Crippen LogP) is 5.17. The van der Waals surface area contributed by atoms with Crippen LogP contribution in [0.15, 0.2) is 76.5 Å². The van der Waals surface area contributed by atoms with Gasteiger partial charge in [0.25, 0.3) is 0 Å². The maximum atomic E-state index is 11.9. The van der Waals surface area contributed by atoms with Gasteiger partial charge in [0.15, 0.2) is 11.0 Å². The molecule has 0 aliphatic rings. The van der Waals surface area contributed by atoms with Gasteiger partial charge in [0, 0.05) is 5.69 Å². The summed E-state index contributed by atoms with van der Waals surface area (Å²) in [6, 6.07) is 18.6. The minimum Gasteiger partial charge on any atom is -0.484 e. The van der Waals surface area contributed by atoms with Gasteiger partial charge in [0.05, 0.1) is 24.1 Å². The van der Waals surface area contributed by atoms with Crippen LogP contribution < -0.4 is 4.74 Å². The van der Waals surface area contributed by atoms with Gasteiger partial charge in [-0.1, -0.05) is 53.7 Å². The maximum Gasteiger partial charge on any atom is 0.341 e. The van der Waals surface area contributed by atoms with Crippen LogP contribution in [0, 0.1) is 0 Å². The summed E-state index contributed by atoms with van der Waals surface area (Å²) >= 11 is 7.58. The van der Waals surface area contributed by atoms with E-state index in [1.165, 1.54) is 25.1 Å². The lowest BCUT2D eigenvalue weighted by molar-refractivity contribution is 0.0598. The molecule has 7 nitrogen and oxygen atoms in total. The molecule has 0 spiro atoms. The summed E-state index contributed by atoms with van der Waals surface area (Å²) in [6.07, 6.45) is 1.47. The molecule has 0 N–H and O–H groups in total. The molecular weight excluding hydrogens is 438 g/mol. The minimum absolute atomic E-state index is 0.181. The number of para-hydroxylation sites is 2. The van der Waals surface area contributed by atoms with Crippen LogP contribution in [0.4, 0.5) is 0 Å². The van der Waals surface area contributed by atoms with E-state index in [-0.39, 0.29) is 6.61 Å². The Kier molecular flexibility index (Phi) is 6.59. The first-order valence-corrected chi connectivity index (χ1v) is 10.7. The fourth-order valence-electron chi connectivity index (χ4n) is 2.90. The lowest BCUT2D eigenvalue weighted by Crippen LogP contribution is -2.07. The Morgan fingerprint density at radius 3 is 2.65 bits per heavy atom. The zero-order valence-corrected chi connectivity index (χ0v) is 18.1. The molecule has 0 fully saturated rings. The zero-order chi connectivity index (χ0) is 21.6. The average Bonchev–Trinajstić information content (AvgIpc) is 3.44. The molecule has 0 aliphatic heterocycles. The second-order valence-corrected chi connectivity index (χ2v) is 7.68. The Hall–Kier alpha value is -3.23. The highest BCUT2D eigenvalue weighted by Crippen LogP contribution is 2.29. The summed E-state index contributed by atoms with van der Waals surface area (Å²) in [5, 5.41) is 9.80. The molecule has 0 unspecified atom stereocenters. The molecule has 0 amide bonds. The van der Waals surface area contributed by atoms with Crippen molar-refractivity contribution < 1.29 is 18.7 Å². The van der Waals surface area contributed by atoms with Crippen molar-refractivity contribution >= 4 is 29.3 Å². The number of aromatic nitrogens is 3. The number of methoxy groups -OCH3 is 1. The van der Waals surface area contributed by atoms with Crippen molar-refractivity contribution in [2.45, 2.75) is 17.5 Å². The Balaban J connectivity index is 1.59. The van der Waals surface area contributed by atoms with Crippen molar-refractivity contribution in [2.75, 3.05) is 7.11 Å². The van der Waals surface area contributed by atoms with Crippen molar-refractivity contribution in [3.05, 3.63) is 89.1 Å². The maximum absolute atomic E-state index is 11.9. The number of thioether (sulfide) groups is 1. The number of hydrogen-bond acceptors (Lipinski definition) is 7. The molecule has 31 heavy (non-hydrogen) atoms. The molecule has 4 rings (SSSR count). The molecule has 2 aromatic carbocycles. The molecular formula is C22H18ClN3O4S. The third kappa shape index (κ3) is 4.76. The number of nitrogens with zero attached hydrogens (tertiary/aromatic N) is 3. The third-order valence-corrected chi connectivity index (χ3v) is 5.63. The van der Waals surface area contributed by atoms with Crippen molar-refractivity contribution in [1.29, 1.82) is 0 Å². The van der Waals surface area contributed by atoms with Gasteiger partial charge in [0.1, 0.15) is 23.7 Å². The summed E-state index contributed by atoms with van der Waals surface area (Å²) in [4.78, 5) is 11.9. The van der Waals surface area contributed by atoms with Crippen LogP contribution in [0.25, 0.3) is 5.69 Å². The molecule has 0 saturated heterocycles. The third-order valence-electron chi connectivity index (χ3n) is 4.39. The van der Waals surface area contributed by atoms with E-state index in [2.05, 4.69) is 10.2 Å². The van der Waals surface area contributed by atoms with Crippen LogP contribution in [-0.4, -0.2) is 27.8 Å². The molecule has 0 radical (unpaired) electrons. The highest BCUT2D eigenvalue weighted by molar-refractivity contribution is 7.98. The number of benzene rings is 2. The van der Waals surface area contributed by atoms with Gasteiger partial charge >= 0.3 is 5.97 Å². The van der Waals surface area contributed by atoms with Gasteiger partial charge in [-0.3, -0.25) is 4.57 Å². The molecule has 2 aromatic heterocycles. The molecule has 0 atom stereocenters. The minimum atomic E-state index is -0.442. The summed E-state index contributed by atoms with van der Waals surface area (Å²) in [5.41, 5.74) is 1.28. The van der Waals surface area contributed by atoms with Crippen LogP contribution in [0.5, 0.6) is 5.75 Å². The average molecular weight is 456 g/mol. The fraction of sp³-hybridized carbons (Fsp3) is 0.136.